The van der Waals surface area contributed by atoms with Crippen LogP contribution in [-0.2, 0) is 10.4 Å². The third kappa shape index (κ3) is 4.25. The summed E-state index contributed by atoms with van der Waals surface area (Å²) >= 11 is 0. The van der Waals surface area contributed by atoms with E-state index in [1.54, 1.807) is 26.0 Å². The van der Waals surface area contributed by atoms with Crippen molar-refractivity contribution in [1.29, 1.82) is 0 Å². The van der Waals surface area contributed by atoms with Crippen LogP contribution in [0.15, 0.2) is 24.3 Å². The number of nitrogens with one attached hydrogen (secondary N) is 1. The normalized spacial score (nSPS) is 19.3. The molecule has 1 aliphatic rings. The summed E-state index contributed by atoms with van der Waals surface area (Å²) in [6.45, 7) is 5.23. The number of piperidine rings is 1. The van der Waals surface area contributed by atoms with Crippen LogP contribution < -0.4 is 5.32 Å². The van der Waals surface area contributed by atoms with Crippen LogP contribution in [0.4, 0.5) is 4.39 Å². The van der Waals surface area contributed by atoms with Crippen LogP contribution in [0, 0.1) is 5.82 Å². The number of rotatable bonds is 4. The Morgan fingerprint density at radius 1 is 1.38 bits per heavy atom. The first-order valence-corrected chi connectivity index (χ1v) is 7.36. The minimum atomic E-state index is -1.04. The minimum Gasteiger partial charge on any atom is -0.384 e. The summed E-state index contributed by atoms with van der Waals surface area (Å²) in [4.78, 5) is 13.1. The average molecular weight is 294 g/mol. The first-order valence-electron chi connectivity index (χ1n) is 7.36. The van der Waals surface area contributed by atoms with Gasteiger partial charge in [-0.25, -0.2) is 4.39 Å². The highest BCUT2D eigenvalue weighted by Crippen LogP contribution is 2.21. The summed E-state index contributed by atoms with van der Waals surface area (Å²) in [7, 11) is 0. The first kappa shape index (κ1) is 15.9. The van der Waals surface area contributed by atoms with Gasteiger partial charge in [-0.15, -0.1) is 0 Å². The zero-order valence-corrected chi connectivity index (χ0v) is 12.6. The summed E-state index contributed by atoms with van der Waals surface area (Å²) in [5, 5.41) is 13.9. The number of halogens is 1. The molecule has 0 saturated carbocycles. The number of hydrogen-bond donors (Lipinski definition) is 2. The lowest BCUT2D eigenvalue weighted by Crippen LogP contribution is -2.47. The highest BCUT2D eigenvalue weighted by atomic mass is 19.1. The fourth-order valence-corrected chi connectivity index (χ4v) is 2.65. The Kier molecular flexibility index (Phi) is 4.96. The summed E-state index contributed by atoms with van der Waals surface area (Å²) in [6, 6.07) is 6.22. The van der Waals surface area contributed by atoms with Crippen molar-refractivity contribution in [3.05, 3.63) is 35.6 Å². The van der Waals surface area contributed by atoms with Gasteiger partial charge in [0, 0.05) is 32.6 Å². The van der Waals surface area contributed by atoms with Crippen LogP contribution >= 0.6 is 0 Å². The van der Waals surface area contributed by atoms with Crippen molar-refractivity contribution in [2.75, 3.05) is 19.6 Å². The third-order valence-corrected chi connectivity index (χ3v) is 4.14. The van der Waals surface area contributed by atoms with Gasteiger partial charge in [0.2, 0.25) is 5.91 Å². The van der Waals surface area contributed by atoms with Crippen LogP contribution in [0.25, 0.3) is 0 Å². The molecule has 4 nitrogen and oxygen atoms in total. The molecule has 21 heavy (non-hydrogen) atoms. The highest BCUT2D eigenvalue weighted by molar-refractivity contribution is 5.73. The van der Waals surface area contributed by atoms with Gasteiger partial charge in [0.05, 0.1) is 5.60 Å². The van der Waals surface area contributed by atoms with Crippen molar-refractivity contribution >= 4 is 5.91 Å². The predicted octanol–water partition coefficient (Wildman–Crippen LogP) is 1.63. The van der Waals surface area contributed by atoms with Gasteiger partial charge in [0.25, 0.3) is 0 Å². The highest BCUT2D eigenvalue weighted by Gasteiger charge is 2.26. The summed E-state index contributed by atoms with van der Waals surface area (Å²) < 4.78 is 12.9. The summed E-state index contributed by atoms with van der Waals surface area (Å²) in [6.07, 6.45) is 1.78. The van der Waals surface area contributed by atoms with E-state index in [0.717, 1.165) is 25.9 Å². The molecule has 1 aliphatic heterocycles. The molecule has 1 saturated heterocycles. The maximum Gasteiger partial charge on any atom is 0.219 e. The van der Waals surface area contributed by atoms with E-state index >= 15 is 0 Å². The number of amides is 1. The Hall–Kier alpha value is -1.46. The molecular weight excluding hydrogens is 271 g/mol. The van der Waals surface area contributed by atoms with Crippen molar-refractivity contribution < 1.29 is 14.3 Å². The molecule has 1 amide bonds. The zero-order valence-electron chi connectivity index (χ0n) is 12.6. The summed E-state index contributed by atoms with van der Waals surface area (Å²) in [5.41, 5.74) is -0.344. The van der Waals surface area contributed by atoms with Gasteiger partial charge in [0.1, 0.15) is 5.82 Å². The largest absolute Gasteiger partial charge is 0.384 e. The number of carbonyl (C=O) groups excluding carboxylic acids is 1. The molecule has 2 N–H and O–H groups in total. The molecule has 5 heteroatoms. The Labute approximate surface area is 125 Å². The van der Waals surface area contributed by atoms with Gasteiger partial charge in [-0.3, -0.25) is 4.79 Å². The van der Waals surface area contributed by atoms with Crippen LogP contribution in [-0.4, -0.2) is 41.6 Å². The fraction of sp³-hybridized carbons (Fsp3) is 0.562. The molecule has 0 radical (unpaired) electrons. The van der Waals surface area contributed by atoms with Crippen LogP contribution in [0.1, 0.15) is 32.3 Å². The maximum absolute atomic E-state index is 12.9. The van der Waals surface area contributed by atoms with E-state index in [1.165, 1.54) is 12.1 Å². The van der Waals surface area contributed by atoms with Crippen molar-refractivity contribution in [3.63, 3.8) is 0 Å². The lowest BCUT2D eigenvalue weighted by atomic mass is 9.95. The Morgan fingerprint density at radius 3 is 2.48 bits per heavy atom. The minimum absolute atomic E-state index is 0.117. The van der Waals surface area contributed by atoms with Crippen LogP contribution in [0.5, 0.6) is 0 Å². The predicted molar refractivity (Wildman–Crippen MR) is 79.2 cm³/mol. The molecule has 1 unspecified atom stereocenters. The third-order valence-electron chi connectivity index (χ3n) is 4.14. The number of hydrogen-bond acceptors (Lipinski definition) is 3. The smallest absolute Gasteiger partial charge is 0.219 e. The Morgan fingerprint density at radius 2 is 1.95 bits per heavy atom. The van der Waals surface area contributed by atoms with Crippen molar-refractivity contribution in [2.45, 2.75) is 38.3 Å². The van der Waals surface area contributed by atoms with E-state index < -0.39 is 5.60 Å². The SMILES string of the molecule is CC(=O)N1CCC(NCC(C)(O)c2ccc(F)cc2)CC1. The molecule has 0 aliphatic carbocycles. The fourth-order valence-electron chi connectivity index (χ4n) is 2.65. The van der Waals surface area contributed by atoms with E-state index in [1.807, 2.05) is 4.90 Å². The molecule has 1 heterocycles. The van der Waals surface area contributed by atoms with Crippen molar-refractivity contribution in [3.8, 4) is 0 Å². The van der Waals surface area contributed by atoms with E-state index in [2.05, 4.69) is 5.32 Å². The number of benzene rings is 1. The van der Waals surface area contributed by atoms with Gasteiger partial charge in [-0.2, -0.15) is 0 Å². The maximum atomic E-state index is 12.9. The second kappa shape index (κ2) is 6.54. The number of nitrogens with zero attached hydrogens (tertiary/aromatic N) is 1. The van der Waals surface area contributed by atoms with E-state index in [4.69, 9.17) is 0 Å². The zero-order chi connectivity index (χ0) is 15.5. The van der Waals surface area contributed by atoms with Crippen LogP contribution in [0.3, 0.4) is 0 Å². The molecule has 1 aromatic rings. The Balaban J connectivity index is 1.85. The quantitative estimate of drug-likeness (QED) is 0.887. The first-order chi connectivity index (χ1) is 9.88. The number of carbonyl (C=O) groups is 1. The monoisotopic (exact) mass is 294 g/mol. The molecule has 0 spiro atoms. The van der Waals surface area contributed by atoms with Gasteiger partial charge in [0.15, 0.2) is 0 Å². The van der Waals surface area contributed by atoms with Crippen molar-refractivity contribution in [2.24, 2.45) is 0 Å². The molecule has 0 aromatic heterocycles. The van der Waals surface area contributed by atoms with Crippen LogP contribution in [0.2, 0.25) is 0 Å². The standard InChI is InChI=1S/C16H23FN2O2/c1-12(20)19-9-7-15(8-10-19)18-11-16(2,21)13-3-5-14(17)6-4-13/h3-6,15,18,21H,7-11H2,1-2H3. The van der Waals surface area contributed by atoms with Gasteiger partial charge >= 0.3 is 0 Å². The molecular formula is C16H23FN2O2. The average Bonchev–Trinajstić information content (AvgIpc) is 2.46. The second-order valence-corrected chi connectivity index (χ2v) is 5.94. The molecule has 116 valence electrons. The lowest BCUT2D eigenvalue weighted by Gasteiger charge is -2.34. The topological polar surface area (TPSA) is 52.6 Å². The molecule has 1 aromatic carbocycles. The van der Waals surface area contributed by atoms with E-state index in [0.29, 0.717) is 18.2 Å². The van der Waals surface area contributed by atoms with Gasteiger partial charge < -0.3 is 15.3 Å². The van der Waals surface area contributed by atoms with Gasteiger partial charge in [-0.1, -0.05) is 12.1 Å². The Bertz CT molecular complexity index is 480. The van der Waals surface area contributed by atoms with Gasteiger partial charge in [-0.05, 0) is 37.5 Å². The number of likely N-dealkylation sites (tertiary alicyclic amines) is 1. The molecule has 1 atom stereocenters. The van der Waals surface area contributed by atoms with E-state index in [-0.39, 0.29) is 11.7 Å². The second-order valence-electron chi connectivity index (χ2n) is 5.94. The molecule has 1 fully saturated rings. The number of aliphatic hydroxyl groups is 1. The summed E-state index contributed by atoms with van der Waals surface area (Å²) in [5.74, 6) is -0.189. The molecule has 2 rings (SSSR count). The lowest BCUT2D eigenvalue weighted by molar-refractivity contribution is -0.129. The van der Waals surface area contributed by atoms with E-state index in [9.17, 15) is 14.3 Å². The van der Waals surface area contributed by atoms with Crippen molar-refractivity contribution in [1.82, 2.24) is 10.2 Å². The molecule has 0 bridgehead atoms.